The average Bonchev–Trinajstić information content (AvgIpc) is 3.44. The Labute approximate surface area is 154 Å². The largest absolute Gasteiger partial charge is 0.335 e. The van der Waals surface area contributed by atoms with Gasteiger partial charge in [-0.1, -0.05) is 0 Å². The first kappa shape index (κ1) is 16.2. The molecular formula is C21H27N3O2. The Morgan fingerprint density at radius 2 is 1.54 bits per heavy atom. The highest BCUT2D eigenvalue weighted by molar-refractivity contribution is 5.96. The number of nitrogens with one attached hydrogen (secondary N) is 2. The molecule has 0 radical (unpaired) electrons. The maximum absolute atomic E-state index is 13.1. The first-order valence-corrected chi connectivity index (χ1v) is 10.1. The predicted octanol–water partition coefficient (Wildman–Crippen LogP) is 3.62. The van der Waals surface area contributed by atoms with Gasteiger partial charge in [-0.25, -0.2) is 4.79 Å². The van der Waals surface area contributed by atoms with E-state index in [9.17, 15) is 9.59 Å². The molecule has 1 aromatic carbocycles. The van der Waals surface area contributed by atoms with Crippen LogP contribution in [0.5, 0.6) is 0 Å². The summed E-state index contributed by atoms with van der Waals surface area (Å²) in [7, 11) is 0. The van der Waals surface area contributed by atoms with Crippen LogP contribution < -0.4 is 10.6 Å². The highest BCUT2D eigenvalue weighted by Crippen LogP contribution is 2.47. The van der Waals surface area contributed by atoms with Crippen LogP contribution in [0.15, 0.2) is 24.3 Å². The first-order chi connectivity index (χ1) is 12.6. The first-order valence-electron chi connectivity index (χ1n) is 10.1. The van der Waals surface area contributed by atoms with Crippen LogP contribution in [0.2, 0.25) is 0 Å². The van der Waals surface area contributed by atoms with Gasteiger partial charge in [0, 0.05) is 29.9 Å². The maximum Gasteiger partial charge on any atom is 0.319 e. The van der Waals surface area contributed by atoms with Gasteiger partial charge in [0.1, 0.15) is 0 Å². The second-order valence-corrected chi connectivity index (χ2v) is 8.84. The summed E-state index contributed by atoms with van der Waals surface area (Å²) in [5, 5.41) is 5.75. The summed E-state index contributed by atoms with van der Waals surface area (Å²) in [5.41, 5.74) is 1.47. The van der Waals surface area contributed by atoms with Gasteiger partial charge in [0.15, 0.2) is 0 Å². The molecule has 6 rings (SSSR count). The molecule has 26 heavy (non-hydrogen) atoms. The minimum atomic E-state index is -0.160. The Balaban J connectivity index is 1.27. The van der Waals surface area contributed by atoms with Crippen molar-refractivity contribution in [2.24, 2.45) is 17.8 Å². The minimum absolute atomic E-state index is 0.160. The third-order valence-electron chi connectivity index (χ3n) is 6.67. The number of nitrogens with zero attached hydrogens (tertiary/aromatic N) is 1. The number of anilines is 1. The van der Waals surface area contributed by atoms with Gasteiger partial charge in [0.05, 0.1) is 0 Å². The van der Waals surface area contributed by atoms with Gasteiger partial charge in [0.2, 0.25) is 0 Å². The molecule has 5 nitrogen and oxygen atoms in total. The second kappa shape index (κ2) is 6.29. The predicted molar refractivity (Wildman–Crippen MR) is 100.0 cm³/mol. The summed E-state index contributed by atoms with van der Waals surface area (Å²) < 4.78 is 0. The summed E-state index contributed by atoms with van der Waals surface area (Å²) in [4.78, 5) is 27.1. The summed E-state index contributed by atoms with van der Waals surface area (Å²) in [6.07, 6.45) is 8.55. The zero-order valence-corrected chi connectivity index (χ0v) is 15.1. The quantitative estimate of drug-likeness (QED) is 0.872. The van der Waals surface area contributed by atoms with Gasteiger partial charge >= 0.3 is 6.03 Å². The Morgan fingerprint density at radius 1 is 0.885 bits per heavy atom. The number of amides is 3. The van der Waals surface area contributed by atoms with Crippen molar-refractivity contribution in [3.8, 4) is 0 Å². The Kier molecular flexibility index (Phi) is 3.91. The molecule has 2 unspecified atom stereocenters. The van der Waals surface area contributed by atoms with E-state index in [1.165, 1.54) is 32.1 Å². The van der Waals surface area contributed by atoms with E-state index in [1.807, 2.05) is 24.3 Å². The summed E-state index contributed by atoms with van der Waals surface area (Å²) in [6.45, 7) is 0.931. The van der Waals surface area contributed by atoms with Crippen molar-refractivity contribution in [2.45, 2.75) is 57.0 Å². The van der Waals surface area contributed by atoms with E-state index < -0.39 is 0 Å². The number of rotatable bonds is 3. The van der Waals surface area contributed by atoms with E-state index in [-0.39, 0.29) is 11.9 Å². The lowest BCUT2D eigenvalue weighted by Gasteiger charge is -2.39. The molecule has 0 spiro atoms. The van der Waals surface area contributed by atoms with Crippen LogP contribution in [-0.2, 0) is 0 Å². The third kappa shape index (κ3) is 3.19. The molecule has 2 aliphatic heterocycles. The lowest BCUT2D eigenvalue weighted by Crippen LogP contribution is -2.42. The van der Waals surface area contributed by atoms with Gasteiger partial charge < -0.3 is 15.5 Å². The Bertz CT molecular complexity index is 698. The number of carbonyl (C=O) groups excluding carboxylic acids is 2. The molecule has 3 aliphatic carbocycles. The van der Waals surface area contributed by atoms with Gasteiger partial charge in [-0.15, -0.1) is 0 Å². The summed E-state index contributed by atoms with van der Waals surface area (Å²) in [5.74, 6) is 2.54. The van der Waals surface area contributed by atoms with E-state index >= 15 is 0 Å². The molecule has 4 bridgehead atoms. The molecule has 2 N–H and O–H groups in total. The Hall–Kier alpha value is -2.04. The molecule has 138 valence electrons. The highest BCUT2D eigenvalue weighted by Gasteiger charge is 2.44. The molecular weight excluding hydrogens is 326 g/mol. The number of hydrogen-bond donors (Lipinski definition) is 2. The van der Waals surface area contributed by atoms with Crippen molar-refractivity contribution in [2.75, 3.05) is 11.9 Å². The zero-order chi connectivity index (χ0) is 17.7. The molecule has 2 saturated heterocycles. The average molecular weight is 353 g/mol. The van der Waals surface area contributed by atoms with Gasteiger partial charge in [0.25, 0.3) is 5.91 Å². The van der Waals surface area contributed by atoms with Crippen molar-refractivity contribution >= 4 is 17.6 Å². The molecule has 5 fully saturated rings. The lowest BCUT2D eigenvalue weighted by atomic mass is 9.68. The van der Waals surface area contributed by atoms with E-state index in [0.29, 0.717) is 18.0 Å². The van der Waals surface area contributed by atoms with Crippen LogP contribution >= 0.6 is 0 Å². The lowest BCUT2D eigenvalue weighted by molar-refractivity contribution is 0.0632. The number of urea groups is 1. The molecule has 3 saturated carbocycles. The van der Waals surface area contributed by atoms with E-state index in [2.05, 4.69) is 15.5 Å². The molecule has 4 atom stereocenters. The van der Waals surface area contributed by atoms with Crippen LogP contribution in [0, 0.1) is 17.8 Å². The molecule has 5 aliphatic rings. The van der Waals surface area contributed by atoms with E-state index in [1.54, 1.807) is 0 Å². The molecule has 2 heterocycles. The van der Waals surface area contributed by atoms with Crippen LogP contribution in [0.1, 0.15) is 55.3 Å². The fourth-order valence-corrected chi connectivity index (χ4v) is 5.48. The standard InChI is InChI=1S/C21H27N3O2/c25-20(24-12-15-8-13-7-14(9-15)11-19(24)10-13)16-1-3-17(4-2-16)22-21(26)23-18-5-6-18/h1-4,13-15,18-19H,5-12H2,(H2,22,23,26)/t13-,14+,15?,19?. The second-order valence-electron chi connectivity index (χ2n) is 8.84. The van der Waals surface area contributed by atoms with Crippen molar-refractivity contribution < 1.29 is 9.59 Å². The van der Waals surface area contributed by atoms with Crippen LogP contribution in [0.25, 0.3) is 0 Å². The smallest absolute Gasteiger partial charge is 0.319 e. The minimum Gasteiger partial charge on any atom is -0.335 e. The molecule has 1 aromatic rings. The van der Waals surface area contributed by atoms with Crippen LogP contribution in [0.4, 0.5) is 10.5 Å². The molecule has 0 aromatic heterocycles. The SMILES string of the molecule is O=C(Nc1ccc(C(=O)N2CC3C[C@@H]4CC2C[C@H](C3)C4)cc1)NC1CC1. The summed E-state index contributed by atoms with van der Waals surface area (Å²) in [6, 6.07) is 7.98. The van der Waals surface area contributed by atoms with Crippen molar-refractivity contribution in [3.63, 3.8) is 0 Å². The maximum atomic E-state index is 13.1. The number of fused-ring (bicyclic) bond motifs is 1. The van der Waals surface area contributed by atoms with Crippen LogP contribution in [0.3, 0.4) is 0 Å². The number of carbonyl (C=O) groups is 2. The van der Waals surface area contributed by atoms with Crippen molar-refractivity contribution in [1.82, 2.24) is 10.2 Å². The van der Waals surface area contributed by atoms with Gasteiger partial charge in [-0.3, -0.25) is 4.79 Å². The normalized spacial score (nSPS) is 32.2. The third-order valence-corrected chi connectivity index (χ3v) is 6.67. The van der Waals surface area contributed by atoms with Gasteiger partial charge in [-0.05, 0) is 87.0 Å². The highest BCUT2D eigenvalue weighted by atomic mass is 16.2. The zero-order valence-electron chi connectivity index (χ0n) is 15.1. The van der Waals surface area contributed by atoms with E-state index in [0.717, 1.165) is 42.5 Å². The molecule has 3 amide bonds. The van der Waals surface area contributed by atoms with Crippen molar-refractivity contribution in [3.05, 3.63) is 29.8 Å². The Morgan fingerprint density at radius 3 is 2.19 bits per heavy atom. The summed E-state index contributed by atoms with van der Waals surface area (Å²) >= 11 is 0. The molecule has 5 heteroatoms. The number of benzene rings is 1. The van der Waals surface area contributed by atoms with Crippen LogP contribution in [-0.4, -0.2) is 35.5 Å². The van der Waals surface area contributed by atoms with E-state index in [4.69, 9.17) is 0 Å². The fourth-order valence-electron chi connectivity index (χ4n) is 5.48. The van der Waals surface area contributed by atoms with Crippen molar-refractivity contribution in [1.29, 1.82) is 0 Å². The monoisotopic (exact) mass is 353 g/mol. The number of hydrogen-bond acceptors (Lipinski definition) is 2. The topological polar surface area (TPSA) is 61.4 Å². The van der Waals surface area contributed by atoms with Gasteiger partial charge in [-0.2, -0.15) is 0 Å². The fraction of sp³-hybridized carbons (Fsp3) is 0.619.